The van der Waals surface area contributed by atoms with Crippen LogP contribution in [0, 0.1) is 5.82 Å². The van der Waals surface area contributed by atoms with E-state index in [0.29, 0.717) is 18.5 Å². The van der Waals surface area contributed by atoms with Crippen LogP contribution in [0.3, 0.4) is 0 Å². The van der Waals surface area contributed by atoms with Gasteiger partial charge in [-0.2, -0.15) is 5.10 Å². The van der Waals surface area contributed by atoms with Crippen molar-refractivity contribution in [3.8, 4) is 0 Å². The van der Waals surface area contributed by atoms with E-state index in [2.05, 4.69) is 5.10 Å². The monoisotopic (exact) mass is 268 g/mol. The summed E-state index contributed by atoms with van der Waals surface area (Å²) in [6.45, 7) is 2.64. The van der Waals surface area contributed by atoms with Gasteiger partial charge in [-0.3, -0.25) is 4.68 Å². The Labute approximate surface area is 110 Å². The number of aryl methyl sites for hydroxylation is 1. The Balaban J connectivity index is 2.16. The van der Waals surface area contributed by atoms with Crippen LogP contribution < -0.4 is 0 Å². The maximum absolute atomic E-state index is 13.3. The van der Waals surface area contributed by atoms with Gasteiger partial charge in [0.1, 0.15) is 5.82 Å². The van der Waals surface area contributed by atoms with E-state index in [0.717, 1.165) is 5.69 Å². The second kappa shape index (κ2) is 5.50. The molecule has 0 aliphatic heterocycles. The molecule has 0 saturated carbocycles. The van der Waals surface area contributed by atoms with Crippen LogP contribution in [0.15, 0.2) is 30.5 Å². The molecule has 1 aromatic heterocycles. The minimum absolute atomic E-state index is 0.0897. The molecule has 0 saturated heterocycles. The van der Waals surface area contributed by atoms with Crippen LogP contribution in [0.2, 0.25) is 5.02 Å². The van der Waals surface area contributed by atoms with Crippen molar-refractivity contribution < 1.29 is 9.50 Å². The van der Waals surface area contributed by atoms with Crippen LogP contribution in [0.1, 0.15) is 24.3 Å². The van der Waals surface area contributed by atoms with E-state index in [4.69, 9.17) is 11.6 Å². The number of aromatic nitrogens is 2. The quantitative estimate of drug-likeness (QED) is 0.926. The van der Waals surface area contributed by atoms with Gasteiger partial charge in [0.05, 0.1) is 16.8 Å². The van der Waals surface area contributed by atoms with E-state index < -0.39 is 11.9 Å². The first-order chi connectivity index (χ1) is 8.61. The molecule has 0 radical (unpaired) electrons. The zero-order valence-electron chi connectivity index (χ0n) is 9.98. The third-order valence-electron chi connectivity index (χ3n) is 2.80. The predicted octanol–water partition coefficient (Wildman–Crippen LogP) is 2.97. The van der Waals surface area contributed by atoms with Crippen LogP contribution in [-0.4, -0.2) is 14.9 Å². The van der Waals surface area contributed by atoms with E-state index in [1.165, 1.54) is 12.1 Å². The summed E-state index contributed by atoms with van der Waals surface area (Å²) in [7, 11) is 0. The minimum Gasteiger partial charge on any atom is -0.386 e. The van der Waals surface area contributed by atoms with Gasteiger partial charge in [0.25, 0.3) is 0 Å². The number of nitrogens with zero attached hydrogens (tertiary/aromatic N) is 2. The normalized spacial score (nSPS) is 12.7. The number of hydrogen-bond acceptors (Lipinski definition) is 2. The van der Waals surface area contributed by atoms with E-state index in [1.807, 2.05) is 6.92 Å². The Morgan fingerprint density at radius 2 is 2.22 bits per heavy atom. The molecular weight excluding hydrogens is 255 g/mol. The van der Waals surface area contributed by atoms with Crippen molar-refractivity contribution in [2.75, 3.05) is 0 Å². The summed E-state index contributed by atoms with van der Waals surface area (Å²) in [6, 6.07) is 6.32. The Bertz CT molecular complexity index is 542. The number of halogens is 2. The number of aliphatic hydroxyl groups excluding tert-OH is 1. The zero-order chi connectivity index (χ0) is 13.1. The highest BCUT2D eigenvalue weighted by atomic mass is 35.5. The van der Waals surface area contributed by atoms with Gasteiger partial charge in [-0.05, 0) is 30.7 Å². The van der Waals surface area contributed by atoms with Crippen molar-refractivity contribution in [1.29, 1.82) is 0 Å². The SMILES string of the molecule is CCn1nccc1C(O)Cc1ccc(Cl)c(F)c1. The average Bonchev–Trinajstić information content (AvgIpc) is 2.82. The highest BCUT2D eigenvalue weighted by Gasteiger charge is 2.14. The van der Waals surface area contributed by atoms with Gasteiger partial charge in [-0.1, -0.05) is 17.7 Å². The van der Waals surface area contributed by atoms with E-state index in [1.54, 1.807) is 23.0 Å². The van der Waals surface area contributed by atoms with E-state index >= 15 is 0 Å². The molecule has 0 aliphatic rings. The van der Waals surface area contributed by atoms with Crippen molar-refractivity contribution in [3.63, 3.8) is 0 Å². The molecule has 0 fully saturated rings. The molecule has 1 aromatic carbocycles. The lowest BCUT2D eigenvalue weighted by atomic mass is 10.1. The van der Waals surface area contributed by atoms with Gasteiger partial charge in [-0.15, -0.1) is 0 Å². The fourth-order valence-corrected chi connectivity index (χ4v) is 2.00. The second-order valence-corrected chi connectivity index (χ2v) is 4.45. The van der Waals surface area contributed by atoms with Crippen molar-refractivity contribution in [1.82, 2.24) is 9.78 Å². The number of rotatable bonds is 4. The molecular formula is C13H14ClFN2O. The number of hydrogen-bond donors (Lipinski definition) is 1. The summed E-state index contributed by atoms with van der Waals surface area (Å²) in [4.78, 5) is 0. The molecule has 1 N–H and O–H groups in total. The maximum Gasteiger partial charge on any atom is 0.142 e. The van der Waals surface area contributed by atoms with Gasteiger partial charge < -0.3 is 5.11 Å². The Morgan fingerprint density at radius 1 is 1.44 bits per heavy atom. The van der Waals surface area contributed by atoms with Crippen molar-refractivity contribution >= 4 is 11.6 Å². The molecule has 2 aromatic rings. The first-order valence-electron chi connectivity index (χ1n) is 5.75. The lowest BCUT2D eigenvalue weighted by molar-refractivity contribution is 0.167. The molecule has 5 heteroatoms. The highest BCUT2D eigenvalue weighted by Crippen LogP contribution is 2.21. The molecule has 3 nitrogen and oxygen atoms in total. The summed E-state index contributed by atoms with van der Waals surface area (Å²) in [6.07, 6.45) is 1.28. The molecule has 0 bridgehead atoms. The fraction of sp³-hybridized carbons (Fsp3) is 0.308. The second-order valence-electron chi connectivity index (χ2n) is 4.04. The van der Waals surface area contributed by atoms with Gasteiger partial charge in [0.15, 0.2) is 0 Å². The molecule has 0 aliphatic carbocycles. The summed E-state index contributed by atoms with van der Waals surface area (Å²) < 4.78 is 15.0. The Morgan fingerprint density at radius 3 is 2.89 bits per heavy atom. The molecule has 1 heterocycles. The van der Waals surface area contributed by atoms with Crippen LogP contribution in [0.5, 0.6) is 0 Å². The van der Waals surface area contributed by atoms with Crippen LogP contribution in [-0.2, 0) is 13.0 Å². The molecule has 18 heavy (non-hydrogen) atoms. The third kappa shape index (κ3) is 2.71. The van der Waals surface area contributed by atoms with E-state index in [9.17, 15) is 9.50 Å². The average molecular weight is 269 g/mol. The lowest BCUT2D eigenvalue weighted by Crippen LogP contribution is -2.10. The number of aliphatic hydroxyl groups is 1. The predicted molar refractivity (Wildman–Crippen MR) is 68.0 cm³/mol. The van der Waals surface area contributed by atoms with Crippen LogP contribution in [0.25, 0.3) is 0 Å². The first-order valence-corrected chi connectivity index (χ1v) is 6.13. The minimum atomic E-state index is -0.701. The molecule has 1 atom stereocenters. The highest BCUT2D eigenvalue weighted by molar-refractivity contribution is 6.30. The summed E-state index contributed by atoms with van der Waals surface area (Å²) in [5, 5.41) is 14.3. The van der Waals surface area contributed by atoms with Crippen LogP contribution in [0.4, 0.5) is 4.39 Å². The summed E-state index contributed by atoms with van der Waals surface area (Å²) in [5.41, 5.74) is 1.43. The van der Waals surface area contributed by atoms with Crippen molar-refractivity contribution in [3.05, 3.63) is 52.6 Å². The van der Waals surface area contributed by atoms with Crippen molar-refractivity contribution in [2.45, 2.75) is 26.0 Å². The van der Waals surface area contributed by atoms with Gasteiger partial charge in [0.2, 0.25) is 0 Å². The lowest BCUT2D eigenvalue weighted by Gasteiger charge is -2.12. The molecule has 96 valence electrons. The van der Waals surface area contributed by atoms with Gasteiger partial charge in [-0.25, -0.2) is 4.39 Å². The molecule has 1 unspecified atom stereocenters. The van der Waals surface area contributed by atoms with E-state index in [-0.39, 0.29) is 5.02 Å². The smallest absolute Gasteiger partial charge is 0.142 e. The topological polar surface area (TPSA) is 38.0 Å². The standard InChI is InChI=1S/C13H14ClFN2O/c1-2-17-12(5-6-16-17)13(18)8-9-3-4-10(14)11(15)7-9/h3-7,13,18H,2,8H2,1H3. The van der Waals surface area contributed by atoms with Crippen LogP contribution >= 0.6 is 11.6 Å². The first kappa shape index (κ1) is 13.1. The largest absolute Gasteiger partial charge is 0.386 e. The zero-order valence-corrected chi connectivity index (χ0v) is 10.7. The fourth-order valence-electron chi connectivity index (χ4n) is 1.88. The van der Waals surface area contributed by atoms with Crippen molar-refractivity contribution in [2.24, 2.45) is 0 Å². The Hall–Kier alpha value is -1.39. The van der Waals surface area contributed by atoms with Gasteiger partial charge in [0, 0.05) is 19.2 Å². The molecule has 0 amide bonds. The molecule has 0 spiro atoms. The summed E-state index contributed by atoms with van der Waals surface area (Å²) in [5.74, 6) is -0.467. The maximum atomic E-state index is 13.3. The van der Waals surface area contributed by atoms with Gasteiger partial charge >= 0.3 is 0 Å². The molecule has 2 rings (SSSR count). The summed E-state index contributed by atoms with van der Waals surface area (Å²) >= 11 is 5.61. The Kier molecular flexibility index (Phi) is 3.99. The number of benzene rings is 1. The third-order valence-corrected chi connectivity index (χ3v) is 3.11.